The second-order valence-electron chi connectivity index (χ2n) is 9.17. The zero-order valence-corrected chi connectivity index (χ0v) is 20.7. The van der Waals surface area contributed by atoms with Crippen LogP contribution in [0.2, 0.25) is 5.02 Å². The summed E-state index contributed by atoms with van der Waals surface area (Å²) in [6.07, 6.45) is 6.68. The summed E-state index contributed by atoms with van der Waals surface area (Å²) >= 11 is 8.26. The van der Waals surface area contributed by atoms with E-state index in [1.165, 1.54) is 46.0 Å². The first kappa shape index (κ1) is 22.4. The highest BCUT2D eigenvalue weighted by molar-refractivity contribution is 7.15. The molecule has 7 heteroatoms. The molecule has 2 amide bonds. The number of aryl methyl sites for hydroxylation is 1. The van der Waals surface area contributed by atoms with E-state index in [1.807, 2.05) is 40.5 Å². The van der Waals surface area contributed by atoms with Gasteiger partial charge in [0.1, 0.15) is 10.8 Å². The van der Waals surface area contributed by atoms with Crippen LogP contribution in [0.15, 0.2) is 66.9 Å². The molecule has 0 radical (unpaired) electrons. The number of hydrogen-bond donors (Lipinski definition) is 1. The second-order valence-corrected chi connectivity index (χ2v) is 10.7. The van der Waals surface area contributed by atoms with Gasteiger partial charge in [0.2, 0.25) is 0 Å². The minimum atomic E-state index is -0.296. The summed E-state index contributed by atoms with van der Waals surface area (Å²) in [6, 6.07) is 17.7. The third-order valence-electron chi connectivity index (χ3n) is 6.96. The van der Waals surface area contributed by atoms with Gasteiger partial charge in [0.05, 0.1) is 18.3 Å². The molecule has 1 aliphatic heterocycles. The zero-order chi connectivity index (χ0) is 23.9. The van der Waals surface area contributed by atoms with Gasteiger partial charge in [-0.05, 0) is 78.8 Å². The van der Waals surface area contributed by atoms with Gasteiger partial charge in [-0.1, -0.05) is 35.9 Å². The smallest absolute Gasteiger partial charge is 0.318 e. The molecule has 0 saturated carbocycles. The maximum atomic E-state index is 13.8. The zero-order valence-electron chi connectivity index (χ0n) is 19.1. The number of benzene rings is 2. The molecule has 6 rings (SSSR count). The molecule has 4 aromatic rings. The monoisotopic (exact) mass is 505 g/mol. The molecular weight excluding hydrogens is 481 g/mol. The van der Waals surface area contributed by atoms with E-state index in [9.17, 15) is 9.18 Å². The van der Waals surface area contributed by atoms with Crippen LogP contribution in [0.25, 0.3) is 5.00 Å². The SMILES string of the molecule is O=C(NCc1ccc(F)cc1)N1Cc2c(sc3c2CCCC3)-n2cccc2[C@@H]1c1cccc(Cl)c1. The Bertz CT molecular complexity index is 1390. The van der Waals surface area contributed by atoms with E-state index in [0.717, 1.165) is 29.7 Å². The lowest BCUT2D eigenvalue weighted by Crippen LogP contribution is -2.41. The van der Waals surface area contributed by atoms with Crippen LogP contribution < -0.4 is 5.32 Å². The topological polar surface area (TPSA) is 37.3 Å². The Labute approximate surface area is 213 Å². The fraction of sp³-hybridized carbons (Fsp3) is 0.250. The summed E-state index contributed by atoms with van der Waals surface area (Å²) in [5, 5.41) is 4.94. The number of nitrogens with zero attached hydrogens (tertiary/aromatic N) is 2. The van der Waals surface area contributed by atoms with Gasteiger partial charge in [-0.15, -0.1) is 11.3 Å². The maximum absolute atomic E-state index is 13.8. The Morgan fingerprint density at radius 1 is 1.06 bits per heavy atom. The molecule has 0 fully saturated rings. The summed E-state index contributed by atoms with van der Waals surface area (Å²) in [6.45, 7) is 0.850. The van der Waals surface area contributed by atoms with Crippen molar-refractivity contribution in [1.82, 2.24) is 14.8 Å². The van der Waals surface area contributed by atoms with E-state index in [2.05, 4.69) is 28.2 Å². The van der Waals surface area contributed by atoms with Crippen LogP contribution in [0.4, 0.5) is 9.18 Å². The molecule has 3 heterocycles. The van der Waals surface area contributed by atoms with Crippen LogP contribution in [0.5, 0.6) is 0 Å². The van der Waals surface area contributed by atoms with Gasteiger partial charge in [0.25, 0.3) is 0 Å². The lowest BCUT2D eigenvalue weighted by atomic mass is 9.95. The fourth-order valence-electron chi connectivity index (χ4n) is 5.30. The number of rotatable bonds is 3. The van der Waals surface area contributed by atoms with E-state index in [0.29, 0.717) is 18.1 Å². The van der Waals surface area contributed by atoms with Gasteiger partial charge in [-0.2, -0.15) is 0 Å². The van der Waals surface area contributed by atoms with Crippen molar-refractivity contribution < 1.29 is 9.18 Å². The summed E-state index contributed by atoms with van der Waals surface area (Å²) in [5.74, 6) is -0.288. The third kappa shape index (κ3) is 4.15. The number of urea groups is 1. The maximum Gasteiger partial charge on any atom is 0.318 e. The Hall–Kier alpha value is -3.09. The Balaban J connectivity index is 1.43. The van der Waals surface area contributed by atoms with Crippen molar-refractivity contribution in [2.24, 2.45) is 0 Å². The second kappa shape index (κ2) is 9.17. The van der Waals surface area contributed by atoms with Crippen molar-refractivity contribution in [2.75, 3.05) is 0 Å². The number of carbonyl (C=O) groups is 1. The molecule has 0 bridgehead atoms. The summed E-state index contributed by atoms with van der Waals surface area (Å²) in [7, 11) is 0. The molecule has 2 aromatic heterocycles. The molecule has 1 aliphatic carbocycles. The number of thiophene rings is 1. The minimum absolute atomic E-state index is 0.157. The Kier molecular flexibility index (Phi) is 5.86. The minimum Gasteiger partial charge on any atom is -0.334 e. The molecule has 4 nitrogen and oxygen atoms in total. The van der Waals surface area contributed by atoms with Gasteiger partial charge >= 0.3 is 6.03 Å². The predicted octanol–water partition coefficient (Wildman–Crippen LogP) is 7.02. The van der Waals surface area contributed by atoms with E-state index in [-0.39, 0.29) is 17.9 Å². The van der Waals surface area contributed by atoms with Crippen molar-refractivity contribution in [3.8, 4) is 5.00 Å². The molecular formula is C28H25ClFN3OS. The van der Waals surface area contributed by atoms with Crippen molar-refractivity contribution in [2.45, 2.75) is 44.8 Å². The van der Waals surface area contributed by atoms with Gasteiger partial charge < -0.3 is 14.8 Å². The van der Waals surface area contributed by atoms with E-state index in [4.69, 9.17) is 11.6 Å². The van der Waals surface area contributed by atoms with Gasteiger partial charge in [0, 0.05) is 28.2 Å². The quantitative estimate of drug-likeness (QED) is 0.319. The molecule has 0 saturated heterocycles. The van der Waals surface area contributed by atoms with Crippen molar-refractivity contribution in [3.05, 3.63) is 111 Å². The highest BCUT2D eigenvalue weighted by Gasteiger charge is 2.36. The number of carbonyl (C=O) groups excluding carboxylic acids is 1. The number of hydrogen-bond acceptors (Lipinski definition) is 2. The number of nitrogens with one attached hydrogen (secondary N) is 1. The Morgan fingerprint density at radius 3 is 2.71 bits per heavy atom. The highest BCUT2D eigenvalue weighted by Crippen LogP contribution is 2.44. The first-order valence-electron chi connectivity index (χ1n) is 11.9. The van der Waals surface area contributed by atoms with Crippen molar-refractivity contribution in [1.29, 1.82) is 0 Å². The molecule has 2 aromatic carbocycles. The number of fused-ring (bicyclic) bond motifs is 5. The number of amides is 2. The van der Waals surface area contributed by atoms with E-state index >= 15 is 0 Å². The molecule has 2 aliphatic rings. The van der Waals surface area contributed by atoms with E-state index in [1.54, 1.807) is 12.1 Å². The predicted molar refractivity (Wildman–Crippen MR) is 138 cm³/mol. The largest absolute Gasteiger partial charge is 0.334 e. The number of halogens is 2. The first-order valence-corrected chi connectivity index (χ1v) is 13.1. The lowest BCUT2D eigenvalue weighted by molar-refractivity contribution is 0.180. The summed E-state index contributed by atoms with van der Waals surface area (Å²) < 4.78 is 15.6. The van der Waals surface area contributed by atoms with Crippen LogP contribution in [0.3, 0.4) is 0 Å². The van der Waals surface area contributed by atoms with Crippen LogP contribution in [-0.4, -0.2) is 15.5 Å². The van der Waals surface area contributed by atoms with Crippen LogP contribution in [0.1, 0.15) is 51.7 Å². The van der Waals surface area contributed by atoms with Crippen molar-refractivity contribution >= 4 is 29.0 Å². The number of aromatic nitrogens is 1. The average Bonchev–Trinajstić information content (AvgIpc) is 3.45. The lowest BCUT2D eigenvalue weighted by Gasteiger charge is -2.31. The van der Waals surface area contributed by atoms with Crippen molar-refractivity contribution in [3.63, 3.8) is 0 Å². The van der Waals surface area contributed by atoms with Crippen LogP contribution in [-0.2, 0) is 25.9 Å². The van der Waals surface area contributed by atoms with Gasteiger partial charge in [-0.3, -0.25) is 0 Å². The molecule has 0 spiro atoms. The molecule has 1 atom stereocenters. The van der Waals surface area contributed by atoms with Crippen LogP contribution in [0, 0.1) is 5.82 Å². The first-order chi connectivity index (χ1) is 17.1. The van der Waals surface area contributed by atoms with Gasteiger partial charge in [-0.25, -0.2) is 9.18 Å². The summed E-state index contributed by atoms with van der Waals surface area (Å²) in [4.78, 5) is 17.2. The molecule has 178 valence electrons. The Morgan fingerprint density at radius 2 is 1.89 bits per heavy atom. The normalized spacial score (nSPS) is 16.7. The van der Waals surface area contributed by atoms with E-state index < -0.39 is 0 Å². The summed E-state index contributed by atoms with van der Waals surface area (Å²) in [5.41, 5.74) is 5.54. The molecule has 0 unspecified atom stereocenters. The standard InChI is InChI=1S/C28H25ClFN3OS/c29-20-6-3-5-19(15-20)26-24-8-4-14-32(24)27-23(22-7-1-2-9-25(22)35-27)17-33(26)28(34)31-16-18-10-12-21(30)13-11-18/h3-6,8,10-15,26H,1-2,7,9,16-17H2,(H,31,34)/t26-/m0/s1. The average molecular weight is 506 g/mol. The van der Waals surface area contributed by atoms with Gasteiger partial charge in [0.15, 0.2) is 0 Å². The fourth-order valence-corrected chi connectivity index (χ4v) is 6.90. The molecule has 35 heavy (non-hydrogen) atoms. The molecule has 1 N–H and O–H groups in total. The third-order valence-corrected chi connectivity index (χ3v) is 8.53. The highest BCUT2D eigenvalue weighted by atomic mass is 35.5. The van der Waals surface area contributed by atoms with Crippen LogP contribution >= 0.6 is 22.9 Å².